The summed E-state index contributed by atoms with van der Waals surface area (Å²) in [6, 6.07) is 9.77. The summed E-state index contributed by atoms with van der Waals surface area (Å²) in [5.74, 6) is 0. The number of aliphatic hydroxyl groups excluding tert-OH is 4. The molecule has 1 saturated heterocycles. The van der Waals surface area contributed by atoms with Crippen LogP contribution in [0.4, 0.5) is 0 Å². The summed E-state index contributed by atoms with van der Waals surface area (Å²) >= 11 is 0.0227. The first kappa shape index (κ1) is 15.3. The zero-order valence-electron chi connectivity index (χ0n) is 9.99. The van der Waals surface area contributed by atoms with Gasteiger partial charge in [0, 0.05) is 0 Å². The molecule has 1 aliphatic rings. The molecule has 0 amide bonds. The van der Waals surface area contributed by atoms with E-state index in [9.17, 15) is 15.3 Å². The van der Waals surface area contributed by atoms with Gasteiger partial charge in [0.2, 0.25) is 0 Å². The van der Waals surface area contributed by atoms with Gasteiger partial charge >= 0.3 is 120 Å². The standard InChI is InChI=1S/C12H16O5SSe/c13-6-8-9(14)10(15)11(16)12(17-8)18-19-7-4-2-1-3-5-7/h1-5,8-16H,6H2. The number of benzene rings is 1. The number of ether oxygens (including phenoxy) is 1. The van der Waals surface area contributed by atoms with Crippen LogP contribution in [-0.4, -0.2) is 70.7 Å². The second-order valence-corrected chi connectivity index (χ2v) is 8.26. The third-order valence-electron chi connectivity index (χ3n) is 2.83. The summed E-state index contributed by atoms with van der Waals surface area (Å²) < 4.78 is 6.56. The van der Waals surface area contributed by atoms with Crippen molar-refractivity contribution in [3.8, 4) is 0 Å². The Morgan fingerprint density at radius 2 is 1.74 bits per heavy atom. The average molecular weight is 351 g/mol. The van der Waals surface area contributed by atoms with Crippen molar-refractivity contribution in [3.63, 3.8) is 0 Å². The van der Waals surface area contributed by atoms with E-state index in [-0.39, 0.29) is 20.4 Å². The van der Waals surface area contributed by atoms with Gasteiger partial charge in [0.05, 0.1) is 0 Å². The van der Waals surface area contributed by atoms with Gasteiger partial charge in [0.25, 0.3) is 0 Å². The van der Waals surface area contributed by atoms with Crippen LogP contribution >= 0.6 is 10.2 Å². The fraction of sp³-hybridized carbons (Fsp3) is 0.500. The zero-order chi connectivity index (χ0) is 13.8. The molecular formula is C12H16O5SSe. The van der Waals surface area contributed by atoms with Crippen LogP contribution in [0.25, 0.3) is 0 Å². The molecule has 1 aromatic carbocycles. The molecule has 0 saturated carbocycles. The van der Waals surface area contributed by atoms with Crippen LogP contribution in [0.1, 0.15) is 0 Å². The van der Waals surface area contributed by atoms with Crippen LogP contribution in [0.15, 0.2) is 30.3 Å². The number of hydrogen-bond donors (Lipinski definition) is 4. The maximum absolute atomic E-state index is 9.87. The quantitative estimate of drug-likeness (QED) is 0.492. The second-order valence-electron chi connectivity index (χ2n) is 4.19. The molecule has 1 heterocycles. The summed E-state index contributed by atoms with van der Waals surface area (Å²) in [6.45, 7) is -0.389. The van der Waals surface area contributed by atoms with Crippen LogP contribution in [0.5, 0.6) is 0 Å². The molecule has 19 heavy (non-hydrogen) atoms. The normalized spacial score (nSPS) is 35.3. The van der Waals surface area contributed by atoms with Crippen molar-refractivity contribution in [1.82, 2.24) is 0 Å². The summed E-state index contributed by atoms with van der Waals surface area (Å²) in [5, 5.41) is 38.3. The minimum atomic E-state index is -1.30. The van der Waals surface area contributed by atoms with E-state index in [4.69, 9.17) is 9.84 Å². The molecule has 0 radical (unpaired) electrons. The fourth-order valence-electron chi connectivity index (χ4n) is 1.73. The van der Waals surface area contributed by atoms with E-state index >= 15 is 0 Å². The van der Waals surface area contributed by atoms with E-state index in [1.54, 1.807) is 0 Å². The molecule has 5 atom stereocenters. The van der Waals surface area contributed by atoms with Gasteiger partial charge in [-0.25, -0.2) is 0 Å². The van der Waals surface area contributed by atoms with Gasteiger partial charge in [-0.15, -0.1) is 0 Å². The van der Waals surface area contributed by atoms with Gasteiger partial charge in [0.1, 0.15) is 0 Å². The van der Waals surface area contributed by atoms with Crippen LogP contribution in [0.2, 0.25) is 0 Å². The third-order valence-corrected chi connectivity index (χ3v) is 7.28. The van der Waals surface area contributed by atoms with Crippen LogP contribution < -0.4 is 4.46 Å². The Balaban J connectivity index is 1.95. The van der Waals surface area contributed by atoms with Gasteiger partial charge < -0.3 is 0 Å². The third kappa shape index (κ3) is 3.71. The number of aliphatic hydroxyl groups is 4. The van der Waals surface area contributed by atoms with E-state index in [1.165, 1.54) is 10.2 Å². The topological polar surface area (TPSA) is 90.2 Å². The van der Waals surface area contributed by atoms with Gasteiger partial charge in [-0.2, -0.15) is 0 Å². The molecule has 1 fully saturated rings. The van der Waals surface area contributed by atoms with E-state index < -0.39 is 29.9 Å². The molecule has 5 nitrogen and oxygen atoms in total. The van der Waals surface area contributed by atoms with Crippen molar-refractivity contribution < 1.29 is 25.2 Å². The molecule has 2 rings (SSSR count). The Labute approximate surface area is 120 Å². The summed E-state index contributed by atoms with van der Waals surface area (Å²) in [6.07, 6.45) is -4.58. The van der Waals surface area contributed by atoms with Gasteiger partial charge in [-0.05, 0) is 0 Å². The summed E-state index contributed by atoms with van der Waals surface area (Å²) in [7, 11) is 1.39. The average Bonchev–Trinajstić information content (AvgIpc) is 2.45. The molecule has 0 bridgehead atoms. The fourth-order valence-corrected chi connectivity index (χ4v) is 5.83. The van der Waals surface area contributed by atoms with Crippen LogP contribution in [0, 0.1) is 0 Å². The maximum atomic E-state index is 9.87. The Hall–Kier alpha value is -0.111. The van der Waals surface area contributed by atoms with Crippen LogP contribution in [0.3, 0.4) is 0 Å². The van der Waals surface area contributed by atoms with Crippen LogP contribution in [-0.2, 0) is 4.74 Å². The van der Waals surface area contributed by atoms with Crippen molar-refractivity contribution in [2.45, 2.75) is 29.9 Å². The predicted octanol–water partition coefficient (Wildman–Crippen LogP) is -1.54. The van der Waals surface area contributed by atoms with E-state index in [1.807, 2.05) is 30.3 Å². The van der Waals surface area contributed by atoms with Crippen molar-refractivity contribution >= 4 is 28.5 Å². The monoisotopic (exact) mass is 352 g/mol. The first-order chi connectivity index (χ1) is 9.13. The summed E-state index contributed by atoms with van der Waals surface area (Å²) in [5.41, 5.74) is -0.643. The molecule has 1 aromatic rings. The molecule has 106 valence electrons. The van der Waals surface area contributed by atoms with E-state index in [0.717, 1.165) is 4.46 Å². The zero-order valence-corrected chi connectivity index (χ0v) is 12.5. The van der Waals surface area contributed by atoms with E-state index in [2.05, 4.69) is 0 Å². The Kier molecular flexibility index (Phi) is 5.68. The van der Waals surface area contributed by atoms with Crippen molar-refractivity contribution in [3.05, 3.63) is 30.3 Å². The molecule has 4 N–H and O–H groups in total. The second kappa shape index (κ2) is 7.06. The molecule has 0 aliphatic carbocycles. The Morgan fingerprint density at radius 3 is 2.37 bits per heavy atom. The molecule has 5 unspecified atom stereocenters. The minimum absolute atomic E-state index is 0.0227. The van der Waals surface area contributed by atoms with Crippen molar-refractivity contribution in [2.24, 2.45) is 0 Å². The number of rotatable bonds is 4. The number of hydrogen-bond acceptors (Lipinski definition) is 6. The Morgan fingerprint density at radius 1 is 1.05 bits per heavy atom. The Bertz CT molecular complexity index is 391. The predicted molar refractivity (Wildman–Crippen MR) is 73.2 cm³/mol. The van der Waals surface area contributed by atoms with Gasteiger partial charge in [0.15, 0.2) is 0 Å². The molecule has 1 aliphatic heterocycles. The molecule has 0 spiro atoms. The van der Waals surface area contributed by atoms with Crippen molar-refractivity contribution in [1.29, 1.82) is 0 Å². The van der Waals surface area contributed by atoms with Crippen molar-refractivity contribution in [2.75, 3.05) is 6.61 Å². The van der Waals surface area contributed by atoms with E-state index in [0.29, 0.717) is 0 Å². The van der Waals surface area contributed by atoms with Gasteiger partial charge in [-0.3, -0.25) is 0 Å². The molecule has 0 aromatic heterocycles. The molecular weight excluding hydrogens is 335 g/mol. The van der Waals surface area contributed by atoms with Gasteiger partial charge in [-0.1, -0.05) is 0 Å². The first-order valence-electron chi connectivity index (χ1n) is 5.82. The molecule has 7 heteroatoms. The summed E-state index contributed by atoms with van der Waals surface area (Å²) in [4.78, 5) is 0. The first-order valence-corrected chi connectivity index (χ1v) is 9.58. The SMILES string of the molecule is OCC1OC(S[Se]c2ccccc2)C(O)C(O)C1O.